The first-order valence-corrected chi connectivity index (χ1v) is 7.53. The number of alkyl halides is 3. The van der Waals surface area contributed by atoms with Gasteiger partial charge in [-0.3, -0.25) is 4.79 Å². The van der Waals surface area contributed by atoms with E-state index >= 15 is 0 Å². The van der Waals surface area contributed by atoms with E-state index in [9.17, 15) is 18.0 Å². The molecule has 1 heterocycles. The highest BCUT2D eigenvalue weighted by molar-refractivity contribution is 5.81. The van der Waals surface area contributed by atoms with Crippen molar-refractivity contribution in [3.63, 3.8) is 0 Å². The summed E-state index contributed by atoms with van der Waals surface area (Å²) in [5.74, 6) is -0.284. The fraction of sp³-hybridized carbons (Fsp3) is 0.562. The first-order valence-electron chi connectivity index (χ1n) is 7.53. The van der Waals surface area contributed by atoms with Gasteiger partial charge in [0.25, 0.3) is 5.91 Å². The summed E-state index contributed by atoms with van der Waals surface area (Å²) < 4.78 is 44.4. The van der Waals surface area contributed by atoms with Crippen molar-refractivity contribution in [2.45, 2.75) is 31.7 Å². The molecule has 2 rings (SSSR count). The lowest BCUT2D eigenvalue weighted by Gasteiger charge is -2.30. The zero-order valence-electron chi connectivity index (χ0n) is 13.2. The van der Waals surface area contributed by atoms with E-state index in [0.717, 1.165) is 12.6 Å². The normalized spacial score (nSPS) is 21.0. The standard InChI is InChI=1S/C16H21F3N2O2/c1-11(20-15(22)14-10-21(2)7-8-23-14)9-12-5-3-4-6-13(12)16(17,18)19/h3-6,11,14H,7-10H2,1-2H3,(H,20,22). The van der Waals surface area contributed by atoms with Gasteiger partial charge < -0.3 is 15.0 Å². The van der Waals surface area contributed by atoms with Crippen LogP contribution in [0.5, 0.6) is 0 Å². The van der Waals surface area contributed by atoms with E-state index in [-0.39, 0.29) is 17.9 Å². The zero-order chi connectivity index (χ0) is 17.0. The van der Waals surface area contributed by atoms with Crippen LogP contribution in [0, 0.1) is 0 Å². The van der Waals surface area contributed by atoms with Crippen LogP contribution in [-0.4, -0.2) is 49.7 Å². The van der Waals surface area contributed by atoms with Crippen LogP contribution in [0.2, 0.25) is 0 Å². The van der Waals surface area contributed by atoms with E-state index in [1.807, 2.05) is 11.9 Å². The quantitative estimate of drug-likeness (QED) is 0.919. The maximum Gasteiger partial charge on any atom is 0.416 e. The Morgan fingerprint density at radius 2 is 2.13 bits per heavy atom. The van der Waals surface area contributed by atoms with Crippen LogP contribution in [-0.2, 0) is 22.1 Å². The summed E-state index contributed by atoms with van der Waals surface area (Å²) in [4.78, 5) is 14.1. The molecule has 23 heavy (non-hydrogen) atoms. The van der Waals surface area contributed by atoms with E-state index < -0.39 is 23.9 Å². The highest BCUT2D eigenvalue weighted by Crippen LogP contribution is 2.32. The van der Waals surface area contributed by atoms with Gasteiger partial charge in [0.2, 0.25) is 0 Å². The Hall–Kier alpha value is -1.60. The summed E-state index contributed by atoms with van der Waals surface area (Å²) in [6.07, 6.45) is -4.85. The van der Waals surface area contributed by atoms with Crippen molar-refractivity contribution in [3.05, 3.63) is 35.4 Å². The summed E-state index contributed by atoms with van der Waals surface area (Å²) in [6, 6.07) is 5.01. The third-order valence-electron chi connectivity index (χ3n) is 3.80. The lowest BCUT2D eigenvalue weighted by atomic mass is 10.0. The summed E-state index contributed by atoms with van der Waals surface area (Å²) in [5.41, 5.74) is -0.482. The van der Waals surface area contributed by atoms with Crippen LogP contribution < -0.4 is 5.32 Å². The molecule has 1 N–H and O–H groups in total. The predicted octanol–water partition coefficient (Wildman–Crippen LogP) is 2.08. The van der Waals surface area contributed by atoms with Gasteiger partial charge in [-0.25, -0.2) is 0 Å². The van der Waals surface area contributed by atoms with E-state index in [0.29, 0.717) is 13.2 Å². The first kappa shape index (κ1) is 17.7. The van der Waals surface area contributed by atoms with E-state index in [2.05, 4.69) is 5.32 Å². The molecule has 0 aromatic heterocycles. The SMILES string of the molecule is CC(Cc1ccccc1C(F)(F)F)NC(=O)C1CN(C)CCO1. The number of rotatable bonds is 4. The van der Waals surface area contributed by atoms with Crippen molar-refractivity contribution in [2.24, 2.45) is 0 Å². The minimum atomic E-state index is -4.39. The molecule has 0 bridgehead atoms. The fourth-order valence-corrected chi connectivity index (χ4v) is 2.63. The second-order valence-electron chi connectivity index (χ2n) is 5.89. The number of likely N-dealkylation sites (N-methyl/N-ethyl adjacent to an activating group) is 1. The van der Waals surface area contributed by atoms with Crippen molar-refractivity contribution in [2.75, 3.05) is 26.7 Å². The van der Waals surface area contributed by atoms with Gasteiger partial charge >= 0.3 is 6.18 Å². The Morgan fingerprint density at radius 1 is 1.43 bits per heavy atom. The number of morpholine rings is 1. The van der Waals surface area contributed by atoms with Crippen LogP contribution in [0.3, 0.4) is 0 Å². The second kappa shape index (κ2) is 7.31. The van der Waals surface area contributed by atoms with Crippen LogP contribution in [0.15, 0.2) is 24.3 Å². The van der Waals surface area contributed by atoms with Gasteiger partial charge in [0.1, 0.15) is 6.10 Å². The Kier molecular flexibility index (Phi) is 5.64. The number of carbonyl (C=O) groups is 1. The molecule has 0 saturated carbocycles. The van der Waals surface area contributed by atoms with Crippen molar-refractivity contribution in [3.8, 4) is 0 Å². The number of hydrogen-bond acceptors (Lipinski definition) is 3. The lowest BCUT2D eigenvalue weighted by molar-refractivity contribution is -0.138. The van der Waals surface area contributed by atoms with Crippen LogP contribution >= 0.6 is 0 Å². The fourth-order valence-electron chi connectivity index (χ4n) is 2.63. The number of amides is 1. The molecule has 1 saturated heterocycles. The summed E-state index contributed by atoms with van der Waals surface area (Å²) in [7, 11) is 1.89. The average molecular weight is 330 g/mol. The third kappa shape index (κ3) is 4.94. The van der Waals surface area contributed by atoms with E-state index in [1.54, 1.807) is 13.0 Å². The molecule has 2 unspecified atom stereocenters. The number of nitrogens with one attached hydrogen (secondary N) is 1. The summed E-state index contributed by atoms with van der Waals surface area (Å²) in [5, 5.41) is 2.74. The molecule has 1 aromatic rings. The van der Waals surface area contributed by atoms with Crippen molar-refractivity contribution < 1.29 is 22.7 Å². The second-order valence-corrected chi connectivity index (χ2v) is 5.89. The number of hydrogen-bond donors (Lipinski definition) is 1. The molecule has 0 radical (unpaired) electrons. The molecule has 4 nitrogen and oxygen atoms in total. The Balaban J connectivity index is 1.97. The Morgan fingerprint density at radius 3 is 2.78 bits per heavy atom. The summed E-state index contributed by atoms with van der Waals surface area (Å²) >= 11 is 0. The van der Waals surface area contributed by atoms with Crippen molar-refractivity contribution in [1.82, 2.24) is 10.2 Å². The van der Waals surface area contributed by atoms with Gasteiger partial charge in [-0.2, -0.15) is 13.2 Å². The summed E-state index contributed by atoms with van der Waals surface area (Å²) in [6.45, 7) is 3.41. The largest absolute Gasteiger partial charge is 0.416 e. The zero-order valence-corrected chi connectivity index (χ0v) is 13.2. The molecular formula is C16H21F3N2O2. The number of nitrogens with zero attached hydrogens (tertiary/aromatic N) is 1. The number of halogens is 3. The van der Waals surface area contributed by atoms with Crippen molar-refractivity contribution >= 4 is 5.91 Å². The van der Waals surface area contributed by atoms with Gasteiger partial charge in [0.05, 0.1) is 12.2 Å². The molecule has 7 heteroatoms. The van der Waals surface area contributed by atoms with Gasteiger partial charge in [-0.05, 0) is 32.0 Å². The molecule has 0 spiro atoms. The Bertz CT molecular complexity index is 548. The number of benzene rings is 1. The molecular weight excluding hydrogens is 309 g/mol. The van der Waals surface area contributed by atoms with E-state index in [1.165, 1.54) is 12.1 Å². The first-order chi connectivity index (χ1) is 10.8. The van der Waals surface area contributed by atoms with Crippen LogP contribution in [0.4, 0.5) is 13.2 Å². The average Bonchev–Trinajstić information content (AvgIpc) is 2.46. The molecule has 2 atom stereocenters. The maximum absolute atomic E-state index is 13.0. The van der Waals surface area contributed by atoms with Crippen LogP contribution in [0.1, 0.15) is 18.1 Å². The van der Waals surface area contributed by atoms with Crippen molar-refractivity contribution in [1.29, 1.82) is 0 Å². The lowest BCUT2D eigenvalue weighted by Crippen LogP contribution is -2.50. The smallest absolute Gasteiger partial charge is 0.366 e. The van der Waals surface area contributed by atoms with Gasteiger partial charge in [0.15, 0.2) is 0 Å². The molecule has 0 aliphatic carbocycles. The number of carbonyl (C=O) groups excluding carboxylic acids is 1. The van der Waals surface area contributed by atoms with E-state index in [4.69, 9.17) is 4.74 Å². The highest BCUT2D eigenvalue weighted by atomic mass is 19.4. The topological polar surface area (TPSA) is 41.6 Å². The molecule has 1 amide bonds. The van der Waals surface area contributed by atoms with Gasteiger partial charge in [-0.1, -0.05) is 18.2 Å². The molecule has 1 aromatic carbocycles. The predicted molar refractivity (Wildman–Crippen MR) is 80.0 cm³/mol. The van der Waals surface area contributed by atoms with Crippen LogP contribution in [0.25, 0.3) is 0 Å². The maximum atomic E-state index is 13.0. The molecule has 128 valence electrons. The monoisotopic (exact) mass is 330 g/mol. The molecule has 1 aliphatic rings. The number of ether oxygens (including phenoxy) is 1. The van der Waals surface area contributed by atoms with Gasteiger partial charge in [-0.15, -0.1) is 0 Å². The minimum absolute atomic E-state index is 0.115. The molecule has 1 aliphatic heterocycles. The highest BCUT2D eigenvalue weighted by Gasteiger charge is 2.33. The Labute approximate surface area is 133 Å². The third-order valence-corrected chi connectivity index (χ3v) is 3.80. The molecule has 1 fully saturated rings. The van der Waals surface area contributed by atoms with Gasteiger partial charge in [0, 0.05) is 19.1 Å². The minimum Gasteiger partial charge on any atom is -0.366 e.